The van der Waals surface area contributed by atoms with E-state index in [9.17, 15) is 9.59 Å². The zero-order valence-electron chi connectivity index (χ0n) is 21.3. The van der Waals surface area contributed by atoms with Gasteiger partial charge in [-0.1, -0.05) is 19.9 Å². The molecular weight excluding hydrogens is 444 g/mol. The van der Waals surface area contributed by atoms with Crippen molar-refractivity contribution >= 4 is 12.3 Å². The van der Waals surface area contributed by atoms with Crippen molar-refractivity contribution in [1.82, 2.24) is 19.7 Å². The summed E-state index contributed by atoms with van der Waals surface area (Å²) in [4.78, 5) is 34.5. The van der Waals surface area contributed by atoms with E-state index in [1.807, 2.05) is 28.0 Å². The number of carbonyl (C=O) groups is 2. The minimum Gasteiger partial charge on any atom is -0.497 e. The van der Waals surface area contributed by atoms with Crippen molar-refractivity contribution in [2.24, 2.45) is 0 Å². The number of methoxy groups -OCH3 is 2. The topological polar surface area (TPSA) is 78.1 Å². The van der Waals surface area contributed by atoms with Gasteiger partial charge >= 0.3 is 0 Å². The summed E-state index contributed by atoms with van der Waals surface area (Å²) < 4.78 is 11.2. The third-order valence-electron chi connectivity index (χ3n) is 7.70. The predicted octanol–water partition coefficient (Wildman–Crippen LogP) is 3.62. The molecule has 1 aromatic carbocycles. The lowest BCUT2D eigenvalue weighted by atomic mass is 9.80. The first-order chi connectivity index (χ1) is 16.9. The molecule has 2 amide bonds. The lowest BCUT2D eigenvalue weighted by Crippen LogP contribution is -2.58. The lowest BCUT2D eigenvalue weighted by molar-refractivity contribution is -0.118. The summed E-state index contributed by atoms with van der Waals surface area (Å²) >= 11 is 0. The van der Waals surface area contributed by atoms with E-state index >= 15 is 0 Å². The summed E-state index contributed by atoms with van der Waals surface area (Å²) in [6.07, 6.45) is 8.14. The zero-order chi connectivity index (χ0) is 25.2. The number of ether oxygens (including phenoxy) is 2. The first kappa shape index (κ1) is 24.9. The monoisotopic (exact) mass is 480 g/mol. The van der Waals surface area contributed by atoms with Gasteiger partial charge in [-0.25, -0.2) is 0 Å². The highest BCUT2D eigenvalue weighted by Crippen LogP contribution is 2.44. The van der Waals surface area contributed by atoms with Crippen LogP contribution < -0.4 is 9.47 Å². The van der Waals surface area contributed by atoms with Gasteiger partial charge in [0.25, 0.3) is 5.91 Å². The van der Waals surface area contributed by atoms with Gasteiger partial charge in [-0.15, -0.1) is 0 Å². The second-order valence-corrected chi connectivity index (χ2v) is 9.41. The fourth-order valence-electron chi connectivity index (χ4n) is 5.65. The number of H-pyrrole nitrogens is 1. The Morgan fingerprint density at radius 2 is 2.00 bits per heavy atom. The van der Waals surface area contributed by atoms with E-state index in [2.05, 4.69) is 36.9 Å². The van der Waals surface area contributed by atoms with Crippen LogP contribution in [0.4, 0.5) is 0 Å². The van der Waals surface area contributed by atoms with Gasteiger partial charge in [0.05, 0.1) is 31.9 Å². The molecule has 3 heterocycles. The van der Waals surface area contributed by atoms with E-state index in [1.54, 1.807) is 26.6 Å². The first-order valence-electron chi connectivity index (χ1n) is 12.2. The SMILES string of the molecule is CCN(C)C1(C2=C[C@H](C)c3c(cc(OC)cc3OC)CN2C=O)CCN(C(=O)c2cc[nH]c2)CC1. The minimum atomic E-state index is -0.363. The van der Waals surface area contributed by atoms with Gasteiger partial charge < -0.3 is 24.3 Å². The molecule has 35 heavy (non-hydrogen) atoms. The van der Waals surface area contributed by atoms with Crippen LogP contribution >= 0.6 is 0 Å². The van der Waals surface area contributed by atoms with Gasteiger partial charge in [-0.2, -0.15) is 0 Å². The number of aromatic nitrogens is 1. The molecule has 0 bridgehead atoms. The molecule has 0 unspecified atom stereocenters. The zero-order valence-corrected chi connectivity index (χ0v) is 21.3. The standard InChI is InChI=1S/C27H36N4O4/c1-6-29(3)27(8-11-30(12-9-27)26(33)20-7-10-28-16-20)24-13-19(2)25-21(17-31(24)18-32)14-22(34-4)15-23(25)35-5/h7,10,13-16,18-19,28H,6,8-9,11-12,17H2,1-5H3/t19-/m0/s1. The summed E-state index contributed by atoms with van der Waals surface area (Å²) in [5.41, 5.74) is 3.40. The molecule has 0 radical (unpaired) electrons. The third kappa shape index (κ3) is 4.43. The Labute approximate surface area is 207 Å². The Hall–Kier alpha value is -3.26. The van der Waals surface area contributed by atoms with Gasteiger partial charge in [-0.3, -0.25) is 14.5 Å². The molecule has 0 spiro atoms. The number of rotatable bonds is 7. The summed E-state index contributed by atoms with van der Waals surface area (Å²) in [5.74, 6) is 1.55. The maximum Gasteiger partial charge on any atom is 0.255 e. The van der Waals surface area contributed by atoms with E-state index in [4.69, 9.17) is 9.47 Å². The Kier molecular flexibility index (Phi) is 7.21. The van der Waals surface area contributed by atoms with E-state index < -0.39 is 0 Å². The lowest BCUT2D eigenvalue weighted by Gasteiger charge is -2.50. The van der Waals surface area contributed by atoms with E-state index in [1.165, 1.54) is 0 Å². The van der Waals surface area contributed by atoms with Crippen LogP contribution in [-0.4, -0.2) is 78.4 Å². The minimum absolute atomic E-state index is 0.0347. The number of piperidine rings is 1. The van der Waals surface area contributed by atoms with Gasteiger partial charge in [-0.05, 0) is 44.1 Å². The molecule has 2 aromatic rings. The molecule has 8 heteroatoms. The summed E-state index contributed by atoms with van der Waals surface area (Å²) in [6, 6.07) is 5.71. The molecule has 2 aliphatic rings. The fourth-order valence-corrected chi connectivity index (χ4v) is 5.65. The van der Waals surface area contributed by atoms with Crippen molar-refractivity contribution in [3.63, 3.8) is 0 Å². The molecule has 1 fully saturated rings. The van der Waals surface area contributed by atoms with Crippen LogP contribution in [0.1, 0.15) is 54.1 Å². The van der Waals surface area contributed by atoms with Crippen LogP contribution in [0.25, 0.3) is 0 Å². The van der Waals surface area contributed by atoms with Crippen LogP contribution in [0.3, 0.4) is 0 Å². The van der Waals surface area contributed by atoms with Crippen molar-refractivity contribution in [3.05, 3.63) is 59.1 Å². The molecule has 2 aliphatic heterocycles. The number of amides is 2. The van der Waals surface area contributed by atoms with E-state index in [0.29, 0.717) is 30.9 Å². The van der Waals surface area contributed by atoms with Crippen molar-refractivity contribution in [3.8, 4) is 11.5 Å². The molecule has 188 valence electrons. The number of hydrogen-bond acceptors (Lipinski definition) is 5. The Morgan fingerprint density at radius 3 is 2.57 bits per heavy atom. The molecular formula is C27H36N4O4. The van der Waals surface area contributed by atoms with Crippen molar-refractivity contribution in [2.45, 2.75) is 44.7 Å². The number of hydrogen-bond donors (Lipinski definition) is 1. The van der Waals surface area contributed by atoms with Crippen LogP contribution in [0.15, 0.2) is 42.4 Å². The molecule has 1 N–H and O–H groups in total. The van der Waals surface area contributed by atoms with Crippen LogP contribution in [0.5, 0.6) is 11.5 Å². The molecule has 1 saturated heterocycles. The number of allylic oxidation sites excluding steroid dienone is 1. The second kappa shape index (κ2) is 10.2. The van der Waals surface area contributed by atoms with Crippen molar-refractivity contribution < 1.29 is 19.1 Å². The third-order valence-corrected chi connectivity index (χ3v) is 7.70. The number of likely N-dealkylation sites (tertiary alicyclic amines) is 1. The number of nitrogens with one attached hydrogen (secondary N) is 1. The maximum atomic E-state index is 13.0. The molecule has 1 atom stereocenters. The highest BCUT2D eigenvalue weighted by Gasteiger charge is 2.45. The van der Waals surface area contributed by atoms with E-state index in [0.717, 1.165) is 48.4 Å². The molecule has 1 aromatic heterocycles. The van der Waals surface area contributed by atoms with Crippen LogP contribution in [-0.2, 0) is 11.3 Å². The highest BCUT2D eigenvalue weighted by atomic mass is 16.5. The van der Waals surface area contributed by atoms with E-state index in [-0.39, 0.29) is 17.4 Å². The molecule has 0 aliphatic carbocycles. The number of fused-ring (bicyclic) bond motifs is 1. The van der Waals surface area contributed by atoms with Crippen LogP contribution in [0, 0.1) is 0 Å². The van der Waals surface area contributed by atoms with Crippen molar-refractivity contribution in [2.75, 3.05) is 40.9 Å². The number of nitrogens with zero attached hydrogens (tertiary/aromatic N) is 3. The number of likely N-dealkylation sites (N-methyl/N-ethyl adjacent to an activating group) is 1. The molecule has 8 nitrogen and oxygen atoms in total. The number of carbonyl (C=O) groups excluding carboxylic acids is 2. The first-order valence-corrected chi connectivity index (χ1v) is 12.2. The second-order valence-electron chi connectivity index (χ2n) is 9.41. The quantitative estimate of drug-likeness (QED) is 0.613. The Bertz CT molecular complexity index is 1090. The largest absolute Gasteiger partial charge is 0.497 e. The summed E-state index contributed by atoms with van der Waals surface area (Å²) in [5, 5.41) is 0. The average molecular weight is 481 g/mol. The van der Waals surface area contributed by atoms with Gasteiger partial charge in [0.15, 0.2) is 0 Å². The van der Waals surface area contributed by atoms with Gasteiger partial charge in [0, 0.05) is 48.7 Å². The summed E-state index contributed by atoms with van der Waals surface area (Å²) in [7, 11) is 5.41. The normalized spacial score (nSPS) is 19.6. The van der Waals surface area contributed by atoms with Crippen LogP contribution in [0.2, 0.25) is 0 Å². The number of aromatic amines is 1. The van der Waals surface area contributed by atoms with Gasteiger partial charge in [0.2, 0.25) is 6.41 Å². The van der Waals surface area contributed by atoms with Crippen molar-refractivity contribution in [1.29, 1.82) is 0 Å². The maximum absolute atomic E-state index is 13.0. The Morgan fingerprint density at radius 1 is 1.26 bits per heavy atom. The fraction of sp³-hybridized carbons (Fsp3) is 0.481. The van der Waals surface area contributed by atoms with Gasteiger partial charge in [0.1, 0.15) is 11.5 Å². The number of benzene rings is 1. The molecule has 4 rings (SSSR count). The molecule has 0 saturated carbocycles. The average Bonchev–Trinajstić information content (AvgIpc) is 3.39. The predicted molar refractivity (Wildman–Crippen MR) is 135 cm³/mol. The Balaban J connectivity index is 1.71. The smallest absolute Gasteiger partial charge is 0.255 e. The highest BCUT2D eigenvalue weighted by molar-refractivity contribution is 5.94. The summed E-state index contributed by atoms with van der Waals surface area (Å²) in [6.45, 7) is 6.79.